The lowest BCUT2D eigenvalue weighted by Crippen LogP contribution is -2.51. The summed E-state index contributed by atoms with van der Waals surface area (Å²) in [5.74, 6) is 1.82. The third kappa shape index (κ3) is 4.07. The van der Waals surface area contributed by atoms with Crippen LogP contribution in [0.4, 0.5) is 10.1 Å². The minimum atomic E-state index is -0.217. The molecule has 0 radical (unpaired) electrons. The molecule has 0 aliphatic carbocycles. The molecule has 0 aromatic heterocycles. The van der Waals surface area contributed by atoms with Gasteiger partial charge in [0.15, 0.2) is 23.6 Å². The second-order valence-electron chi connectivity index (χ2n) is 6.65. The van der Waals surface area contributed by atoms with Crippen LogP contribution in [0.3, 0.4) is 0 Å². The molecule has 1 atom stereocenters. The Morgan fingerprint density at radius 1 is 1.04 bits per heavy atom. The van der Waals surface area contributed by atoms with E-state index in [1.54, 1.807) is 12.1 Å². The van der Waals surface area contributed by atoms with E-state index in [0.717, 1.165) is 43.4 Å². The zero-order valence-electron chi connectivity index (χ0n) is 15.1. The lowest BCUT2D eigenvalue weighted by atomic mass is 10.2. The fourth-order valence-electron chi connectivity index (χ4n) is 3.29. The summed E-state index contributed by atoms with van der Waals surface area (Å²) >= 11 is 0. The van der Waals surface area contributed by atoms with Gasteiger partial charge >= 0.3 is 0 Å². The smallest absolute Gasteiger partial charge is 0.191 e. The highest BCUT2D eigenvalue weighted by Gasteiger charge is 2.22. The summed E-state index contributed by atoms with van der Waals surface area (Å²) in [5, 5.41) is 0. The van der Waals surface area contributed by atoms with Crippen LogP contribution in [-0.2, 0) is 0 Å². The average molecular weight is 370 g/mol. The number of hydrogen-bond donors (Lipinski definition) is 1. The molecular weight excluding hydrogens is 347 g/mol. The van der Waals surface area contributed by atoms with E-state index in [1.165, 1.54) is 12.1 Å². The molecule has 2 heterocycles. The summed E-state index contributed by atoms with van der Waals surface area (Å²) in [7, 11) is 0. The quantitative estimate of drug-likeness (QED) is 0.662. The molecule has 4 rings (SSSR count). The van der Waals surface area contributed by atoms with E-state index >= 15 is 0 Å². The zero-order valence-corrected chi connectivity index (χ0v) is 15.1. The van der Waals surface area contributed by atoms with Gasteiger partial charge in [-0.1, -0.05) is 12.1 Å². The molecule has 7 heteroatoms. The van der Waals surface area contributed by atoms with Crippen LogP contribution < -0.4 is 20.1 Å². The van der Waals surface area contributed by atoms with Crippen molar-refractivity contribution in [3.63, 3.8) is 0 Å². The summed E-state index contributed by atoms with van der Waals surface area (Å²) in [6.07, 6.45) is -0.140. The monoisotopic (exact) mass is 370 g/mol. The van der Waals surface area contributed by atoms with E-state index < -0.39 is 0 Å². The summed E-state index contributed by atoms with van der Waals surface area (Å²) in [6, 6.07) is 14.2. The Kier molecular flexibility index (Phi) is 5.00. The summed E-state index contributed by atoms with van der Waals surface area (Å²) < 4.78 is 24.7. The molecule has 0 saturated carbocycles. The van der Waals surface area contributed by atoms with Gasteiger partial charge in [-0.3, -0.25) is 0 Å². The van der Waals surface area contributed by atoms with E-state index in [1.807, 2.05) is 24.3 Å². The molecule has 0 bridgehead atoms. The Bertz CT molecular complexity index is 804. The minimum Gasteiger partial charge on any atom is -0.486 e. The van der Waals surface area contributed by atoms with Crippen LogP contribution in [-0.4, -0.2) is 56.3 Å². The highest BCUT2D eigenvalue weighted by Crippen LogP contribution is 2.30. The van der Waals surface area contributed by atoms with Crippen molar-refractivity contribution in [2.24, 2.45) is 10.7 Å². The number of halogens is 1. The molecule has 1 fully saturated rings. The summed E-state index contributed by atoms with van der Waals surface area (Å²) in [5.41, 5.74) is 7.20. The number of fused-ring (bicyclic) bond motifs is 1. The first-order chi connectivity index (χ1) is 13.2. The maximum Gasteiger partial charge on any atom is 0.191 e. The standard InChI is InChI=1S/C20H23FN4O2/c21-15-5-7-16(8-6-15)24-9-11-25(12-10-24)20(22)23-13-17-14-26-18-3-1-2-4-19(18)27-17/h1-8,17H,9-14H2,(H2,22,23). The lowest BCUT2D eigenvalue weighted by Gasteiger charge is -2.36. The number of nitrogens with zero attached hydrogens (tertiary/aromatic N) is 3. The van der Waals surface area contributed by atoms with Crippen LogP contribution in [0.15, 0.2) is 53.5 Å². The van der Waals surface area contributed by atoms with Crippen molar-refractivity contribution in [3.05, 3.63) is 54.3 Å². The molecule has 6 nitrogen and oxygen atoms in total. The van der Waals surface area contributed by atoms with E-state index in [9.17, 15) is 4.39 Å². The van der Waals surface area contributed by atoms with Crippen molar-refractivity contribution in [3.8, 4) is 11.5 Å². The lowest BCUT2D eigenvalue weighted by molar-refractivity contribution is 0.0969. The van der Waals surface area contributed by atoms with Crippen molar-refractivity contribution >= 4 is 11.6 Å². The topological polar surface area (TPSA) is 63.3 Å². The first kappa shape index (κ1) is 17.5. The fraction of sp³-hybridized carbons (Fsp3) is 0.350. The number of guanidine groups is 1. The Morgan fingerprint density at radius 3 is 2.48 bits per heavy atom. The molecule has 2 aliphatic heterocycles. The van der Waals surface area contributed by atoms with Gasteiger partial charge in [0.05, 0.1) is 6.54 Å². The van der Waals surface area contributed by atoms with Crippen LogP contribution in [0, 0.1) is 5.82 Å². The van der Waals surface area contributed by atoms with Crippen LogP contribution in [0.1, 0.15) is 0 Å². The Morgan fingerprint density at radius 2 is 1.74 bits per heavy atom. The molecule has 2 aromatic rings. The molecule has 1 unspecified atom stereocenters. The number of benzene rings is 2. The number of para-hydroxylation sites is 2. The van der Waals surface area contributed by atoms with Gasteiger partial charge in [0.25, 0.3) is 0 Å². The van der Waals surface area contributed by atoms with Gasteiger partial charge in [-0.05, 0) is 36.4 Å². The third-order valence-electron chi connectivity index (χ3n) is 4.82. The van der Waals surface area contributed by atoms with E-state index in [4.69, 9.17) is 15.2 Å². The first-order valence-corrected chi connectivity index (χ1v) is 9.13. The first-order valence-electron chi connectivity index (χ1n) is 9.13. The number of hydrogen-bond acceptors (Lipinski definition) is 4. The Labute approximate surface area is 158 Å². The van der Waals surface area contributed by atoms with Crippen LogP contribution in [0.2, 0.25) is 0 Å². The molecule has 27 heavy (non-hydrogen) atoms. The number of anilines is 1. The van der Waals surface area contributed by atoms with Gasteiger partial charge in [0, 0.05) is 31.9 Å². The Balaban J connectivity index is 1.29. The van der Waals surface area contributed by atoms with Gasteiger partial charge in [-0.15, -0.1) is 0 Å². The largest absolute Gasteiger partial charge is 0.486 e. The number of piperazine rings is 1. The molecule has 0 amide bonds. The molecule has 2 aliphatic rings. The van der Waals surface area contributed by atoms with Crippen LogP contribution in [0.25, 0.3) is 0 Å². The minimum absolute atomic E-state index is 0.140. The van der Waals surface area contributed by atoms with E-state index in [2.05, 4.69) is 14.8 Å². The van der Waals surface area contributed by atoms with Crippen molar-refractivity contribution in [1.29, 1.82) is 0 Å². The average Bonchev–Trinajstić information content (AvgIpc) is 2.72. The maximum absolute atomic E-state index is 13.1. The van der Waals surface area contributed by atoms with Crippen LogP contribution in [0.5, 0.6) is 11.5 Å². The number of ether oxygens (including phenoxy) is 2. The molecule has 0 spiro atoms. The van der Waals surface area contributed by atoms with Crippen molar-refractivity contribution in [2.45, 2.75) is 6.10 Å². The van der Waals surface area contributed by atoms with Gasteiger partial charge in [-0.25, -0.2) is 9.38 Å². The van der Waals surface area contributed by atoms with E-state index in [-0.39, 0.29) is 11.9 Å². The predicted molar refractivity (Wildman–Crippen MR) is 103 cm³/mol. The molecule has 2 N–H and O–H groups in total. The van der Waals surface area contributed by atoms with Gasteiger partial charge in [-0.2, -0.15) is 0 Å². The Hall–Kier alpha value is -2.96. The predicted octanol–water partition coefficient (Wildman–Crippen LogP) is 2.10. The normalized spacial score (nSPS) is 19.9. The fourth-order valence-corrected chi connectivity index (χ4v) is 3.29. The molecule has 2 aromatic carbocycles. The van der Waals surface area contributed by atoms with E-state index in [0.29, 0.717) is 19.1 Å². The molecule has 1 saturated heterocycles. The highest BCUT2D eigenvalue weighted by atomic mass is 19.1. The highest BCUT2D eigenvalue weighted by molar-refractivity contribution is 5.78. The van der Waals surface area contributed by atoms with Crippen molar-refractivity contribution in [1.82, 2.24) is 4.90 Å². The summed E-state index contributed by atoms with van der Waals surface area (Å²) in [6.45, 7) is 4.11. The van der Waals surface area contributed by atoms with Gasteiger partial charge in [0.2, 0.25) is 0 Å². The third-order valence-corrected chi connectivity index (χ3v) is 4.82. The van der Waals surface area contributed by atoms with Gasteiger partial charge in [0.1, 0.15) is 12.4 Å². The number of aliphatic imine (C=N–C) groups is 1. The van der Waals surface area contributed by atoms with Gasteiger partial charge < -0.3 is 25.0 Å². The molecule has 142 valence electrons. The van der Waals surface area contributed by atoms with Crippen molar-refractivity contribution in [2.75, 3.05) is 44.2 Å². The zero-order chi connectivity index (χ0) is 18.6. The number of rotatable bonds is 3. The second-order valence-corrected chi connectivity index (χ2v) is 6.65. The second kappa shape index (κ2) is 7.73. The number of nitrogens with two attached hydrogens (primary N) is 1. The summed E-state index contributed by atoms with van der Waals surface area (Å²) in [4.78, 5) is 8.79. The molecular formula is C20H23FN4O2. The maximum atomic E-state index is 13.1. The van der Waals surface area contributed by atoms with Crippen LogP contribution >= 0.6 is 0 Å². The SMILES string of the molecule is NC(=NCC1COc2ccccc2O1)N1CCN(c2ccc(F)cc2)CC1. The van der Waals surface area contributed by atoms with Crippen molar-refractivity contribution < 1.29 is 13.9 Å².